The van der Waals surface area contributed by atoms with Crippen LogP contribution in [0, 0.1) is 5.92 Å². The number of nitrogens with one attached hydrogen (secondary N) is 2. The fourth-order valence-electron chi connectivity index (χ4n) is 3.95. The number of H-pyrrole nitrogens is 1. The molecule has 1 fully saturated rings. The van der Waals surface area contributed by atoms with Crippen molar-refractivity contribution in [2.24, 2.45) is 5.92 Å². The Morgan fingerprint density at radius 2 is 2.23 bits per heavy atom. The van der Waals surface area contributed by atoms with Crippen molar-refractivity contribution in [2.75, 3.05) is 26.2 Å². The molecule has 5 nitrogen and oxygen atoms in total. The number of pyridine rings is 1. The van der Waals surface area contributed by atoms with E-state index in [1.807, 2.05) is 30.3 Å². The Kier molecular flexibility index (Phi) is 4.89. The third kappa shape index (κ3) is 3.58. The SMILES string of the molecule is C[C@@H]1CCCN(CCCNC(=O)c2cc3ccc4cccnc4c3[nH]2)C1. The van der Waals surface area contributed by atoms with Crippen LogP contribution in [-0.2, 0) is 0 Å². The molecule has 1 aromatic carbocycles. The van der Waals surface area contributed by atoms with E-state index in [-0.39, 0.29) is 5.91 Å². The Balaban J connectivity index is 1.36. The molecule has 1 aliphatic heterocycles. The number of amides is 1. The van der Waals surface area contributed by atoms with Crippen LogP contribution in [0.3, 0.4) is 0 Å². The van der Waals surface area contributed by atoms with Crippen molar-refractivity contribution in [3.63, 3.8) is 0 Å². The Morgan fingerprint density at radius 3 is 3.12 bits per heavy atom. The van der Waals surface area contributed by atoms with Gasteiger partial charge in [0.2, 0.25) is 0 Å². The molecule has 2 aromatic heterocycles. The molecule has 0 saturated carbocycles. The Labute approximate surface area is 153 Å². The van der Waals surface area contributed by atoms with Gasteiger partial charge in [0.25, 0.3) is 5.91 Å². The zero-order valence-electron chi connectivity index (χ0n) is 15.3. The van der Waals surface area contributed by atoms with Crippen LogP contribution in [0.2, 0.25) is 0 Å². The molecule has 1 amide bonds. The number of aromatic nitrogens is 2. The second-order valence-corrected chi connectivity index (χ2v) is 7.45. The summed E-state index contributed by atoms with van der Waals surface area (Å²) < 4.78 is 0. The van der Waals surface area contributed by atoms with Gasteiger partial charge in [-0.05, 0) is 50.4 Å². The first-order valence-electron chi connectivity index (χ1n) is 9.58. The maximum atomic E-state index is 12.5. The fourth-order valence-corrected chi connectivity index (χ4v) is 3.95. The van der Waals surface area contributed by atoms with Gasteiger partial charge in [0.05, 0.1) is 11.0 Å². The van der Waals surface area contributed by atoms with Crippen molar-refractivity contribution < 1.29 is 4.79 Å². The van der Waals surface area contributed by atoms with Gasteiger partial charge in [-0.15, -0.1) is 0 Å². The van der Waals surface area contributed by atoms with Crippen LogP contribution < -0.4 is 5.32 Å². The number of aromatic amines is 1. The lowest BCUT2D eigenvalue weighted by atomic mass is 10.0. The van der Waals surface area contributed by atoms with Gasteiger partial charge in [-0.1, -0.05) is 25.1 Å². The largest absolute Gasteiger partial charge is 0.351 e. The monoisotopic (exact) mass is 350 g/mol. The predicted molar refractivity (Wildman–Crippen MR) is 105 cm³/mol. The smallest absolute Gasteiger partial charge is 0.267 e. The normalized spacial score (nSPS) is 18.4. The van der Waals surface area contributed by atoms with E-state index in [9.17, 15) is 4.79 Å². The Morgan fingerprint density at radius 1 is 1.35 bits per heavy atom. The van der Waals surface area contributed by atoms with Crippen LogP contribution in [-0.4, -0.2) is 47.0 Å². The first kappa shape index (κ1) is 17.0. The fraction of sp³-hybridized carbons (Fsp3) is 0.429. The molecule has 0 aliphatic carbocycles. The summed E-state index contributed by atoms with van der Waals surface area (Å²) in [6.07, 6.45) is 5.41. The van der Waals surface area contributed by atoms with E-state index < -0.39 is 0 Å². The number of carbonyl (C=O) groups excluding carboxylic acids is 1. The molecule has 0 spiro atoms. The van der Waals surface area contributed by atoms with Crippen molar-refractivity contribution in [3.05, 3.63) is 42.2 Å². The summed E-state index contributed by atoms with van der Waals surface area (Å²) in [5.74, 6) is 0.755. The molecule has 1 aliphatic rings. The molecule has 5 heteroatoms. The number of benzene rings is 1. The zero-order chi connectivity index (χ0) is 17.9. The first-order valence-corrected chi connectivity index (χ1v) is 9.58. The molecule has 0 bridgehead atoms. The number of likely N-dealkylation sites (tertiary alicyclic amines) is 1. The van der Waals surface area contributed by atoms with Gasteiger partial charge in [-0.25, -0.2) is 0 Å². The van der Waals surface area contributed by atoms with Crippen molar-refractivity contribution in [1.29, 1.82) is 0 Å². The molecule has 0 unspecified atom stereocenters. The molecular weight excluding hydrogens is 324 g/mol. The molecule has 1 atom stereocenters. The van der Waals surface area contributed by atoms with Gasteiger partial charge in [0.15, 0.2) is 0 Å². The highest BCUT2D eigenvalue weighted by molar-refractivity contribution is 6.07. The standard InChI is InChI=1S/C21H26N4O/c1-15-5-3-11-25(14-15)12-4-10-23-21(26)18-13-17-8-7-16-6-2-9-22-19(16)20(17)24-18/h2,6-9,13,15,24H,3-5,10-12,14H2,1H3,(H,23,26)/t15-/m1/s1. The number of hydrogen-bond acceptors (Lipinski definition) is 3. The molecule has 136 valence electrons. The molecule has 1 saturated heterocycles. The molecular formula is C21H26N4O. The second-order valence-electron chi connectivity index (χ2n) is 7.45. The summed E-state index contributed by atoms with van der Waals surface area (Å²) in [5.41, 5.74) is 2.43. The third-order valence-corrected chi connectivity index (χ3v) is 5.29. The minimum Gasteiger partial charge on any atom is -0.351 e. The van der Waals surface area contributed by atoms with E-state index in [1.165, 1.54) is 25.9 Å². The molecule has 3 aromatic rings. The van der Waals surface area contributed by atoms with Crippen LogP contribution in [0.1, 0.15) is 36.7 Å². The van der Waals surface area contributed by atoms with Crippen LogP contribution in [0.4, 0.5) is 0 Å². The number of fused-ring (bicyclic) bond motifs is 3. The summed E-state index contributed by atoms with van der Waals surface area (Å²) >= 11 is 0. The van der Waals surface area contributed by atoms with Gasteiger partial charge in [0, 0.05) is 30.1 Å². The third-order valence-electron chi connectivity index (χ3n) is 5.29. The van der Waals surface area contributed by atoms with Crippen molar-refractivity contribution in [3.8, 4) is 0 Å². The van der Waals surface area contributed by atoms with E-state index in [4.69, 9.17) is 0 Å². The van der Waals surface area contributed by atoms with E-state index in [2.05, 4.69) is 27.1 Å². The van der Waals surface area contributed by atoms with E-state index in [0.29, 0.717) is 12.2 Å². The number of hydrogen-bond donors (Lipinski definition) is 2. The lowest BCUT2D eigenvalue weighted by Gasteiger charge is -2.30. The van der Waals surface area contributed by atoms with E-state index >= 15 is 0 Å². The highest BCUT2D eigenvalue weighted by Gasteiger charge is 2.16. The van der Waals surface area contributed by atoms with Crippen LogP contribution in [0.5, 0.6) is 0 Å². The first-order chi connectivity index (χ1) is 12.7. The van der Waals surface area contributed by atoms with Crippen LogP contribution in [0.25, 0.3) is 21.8 Å². The molecule has 4 rings (SSSR count). The molecule has 0 radical (unpaired) electrons. The molecule has 26 heavy (non-hydrogen) atoms. The minimum atomic E-state index is -0.0442. The second kappa shape index (κ2) is 7.46. The maximum Gasteiger partial charge on any atom is 0.267 e. The van der Waals surface area contributed by atoms with E-state index in [1.54, 1.807) is 6.20 Å². The lowest BCUT2D eigenvalue weighted by Crippen LogP contribution is -2.36. The predicted octanol–water partition coefficient (Wildman–Crippen LogP) is 3.57. The van der Waals surface area contributed by atoms with Gasteiger partial charge in [-0.3, -0.25) is 9.78 Å². The Bertz CT molecular complexity index is 917. The number of carbonyl (C=O) groups is 1. The topological polar surface area (TPSA) is 61.0 Å². The summed E-state index contributed by atoms with van der Waals surface area (Å²) in [5, 5.41) is 5.13. The van der Waals surface area contributed by atoms with Gasteiger partial charge in [-0.2, -0.15) is 0 Å². The molecule has 3 heterocycles. The van der Waals surface area contributed by atoms with Crippen LogP contribution >= 0.6 is 0 Å². The van der Waals surface area contributed by atoms with E-state index in [0.717, 1.165) is 40.7 Å². The lowest BCUT2D eigenvalue weighted by molar-refractivity contribution is 0.0946. The minimum absolute atomic E-state index is 0.0442. The van der Waals surface area contributed by atoms with Gasteiger partial charge in [0.1, 0.15) is 5.69 Å². The Hall–Kier alpha value is -2.40. The summed E-state index contributed by atoms with van der Waals surface area (Å²) in [6, 6.07) is 9.94. The maximum absolute atomic E-state index is 12.5. The van der Waals surface area contributed by atoms with Crippen molar-refractivity contribution in [2.45, 2.75) is 26.2 Å². The highest BCUT2D eigenvalue weighted by atomic mass is 16.1. The van der Waals surface area contributed by atoms with Gasteiger partial charge < -0.3 is 15.2 Å². The summed E-state index contributed by atoms with van der Waals surface area (Å²) in [7, 11) is 0. The number of piperidine rings is 1. The zero-order valence-corrected chi connectivity index (χ0v) is 15.3. The summed E-state index contributed by atoms with van der Waals surface area (Å²) in [6.45, 7) is 6.47. The van der Waals surface area contributed by atoms with Crippen LogP contribution in [0.15, 0.2) is 36.5 Å². The average Bonchev–Trinajstić information content (AvgIpc) is 3.10. The summed E-state index contributed by atoms with van der Waals surface area (Å²) in [4.78, 5) is 22.7. The number of rotatable bonds is 5. The highest BCUT2D eigenvalue weighted by Crippen LogP contribution is 2.23. The average molecular weight is 350 g/mol. The molecule has 2 N–H and O–H groups in total. The number of nitrogens with zero attached hydrogens (tertiary/aromatic N) is 2. The quantitative estimate of drug-likeness (QED) is 0.692. The van der Waals surface area contributed by atoms with Gasteiger partial charge >= 0.3 is 0 Å². The van der Waals surface area contributed by atoms with Crippen molar-refractivity contribution >= 4 is 27.7 Å². The van der Waals surface area contributed by atoms with Crippen molar-refractivity contribution in [1.82, 2.24) is 20.2 Å².